The van der Waals surface area contributed by atoms with E-state index in [0.29, 0.717) is 19.4 Å². The number of amides is 1. The van der Waals surface area contributed by atoms with E-state index >= 15 is 0 Å². The highest BCUT2D eigenvalue weighted by Gasteiger charge is 2.35. The van der Waals surface area contributed by atoms with Gasteiger partial charge in [-0.05, 0) is 31.9 Å². The lowest BCUT2D eigenvalue weighted by molar-refractivity contribution is -0.148. The molecule has 114 valence electrons. The molecule has 1 aliphatic heterocycles. The topological polar surface area (TPSA) is 57.6 Å². The standard InChI is InChI=1S/C15H17ClFNO3/c1-9-10(15(20)21)4-3-7-18(9)14(19)8-11-12(16)5-2-6-13(11)17/h2,5-6,9-10H,3-4,7-8H2,1H3,(H,20,21)/t9-,10-/m1/s1. The summed E-state index contributed by atoms with van der Waals surface area (Å²) >= 11 is 5.92. The molecular formula is C15H17ClFNO3. The normalized spacial score (nSPS) is 22.1. The van der Waals surface area contributed by atoms with Gasteiger partial charge in [-0.15, -0.1) is 0 Å². The van der Waals surface area contributed by atoms with Gasteiger partial charge in [-0.2, -0.15) is 0 Å². The Morgan fingerprint density at radius 1 is 1.48 bits per heavy atom. The minimum atomic E-state index is -0.899. The predicted octanol–water partition coefficient (Wildman–Crippen LogP) is 2.73. The fraction of sp³-hybridized carbons (Fsp3) is 0.467. The van der Waals surface area contributed by atoms with Crippen LogP contribution in [0.15, 0.2) is 18.2 Å². The van der Waals surface area contributed by atoms with Gasteiger partial charge in [-0.3, -0.25) is 9.59 Å². The Morgan fingerprint density at radius 3 is 2.81 bits per heavy atom. The van der Waals surface area contributed by atoms with E-state index in [1.165, 1.54) is 23.1 Å². The summed E-state index contributed by atoms with van der Waals surface area (Å²) in [5.74, 6) is -2.28. The van der Waals surface area contributed by atoms with Gasteiger partial charge >= 0.3 is 5.97 Å². The van der Waals surface area contributed by atoms with Crippen LogP contribution in [0.5, 0.6) is 0 Å². The van der Waals surface area contributed by atoms with Crippen LogP contribution >= 0.6 is 11.6 Å². The van der Waals surface area contributed by atoms with Crippen LogP contribution in [0.2, 0.25) is 5.02 Å². The monoisotopic (exact) mass is 313 g/mol. The number of hydrogen-bond donors (Lipinski definition) is 1. The summed E-state index contributed by atoms with van der Waals surface area (Å²) in [5, 5.41) is 9.38. The molecule has 0 aliphatic carbocycles. The van der Waals surface area contributed by atoms with E-state index in [-0.39, 0.29) is 22.9 Å². The number of benzene rings is 1. The fourth-order valence-corrected chi connectivity index (χ4v) is 3.01. The van der Waals surface area contributed by atoms with Crippen LogP contribution in [0.4, 0.5) is 4.39 Å². The van der Waals surface area contributed by atoms with Crippen molar-refractivity contribution in [3.8, 4) is 0 Å². The average Bonchev–Trinajstić information content (AvgIpc) is 2.42. The number of carbonyl (C=O) groups excluding carboxylic acids is 1. The molecule has 1 saturated heterocycles. The molecule has 1 aromatic carbocycles. The maximum atomic E-state index is 13.7. The average molecular weight is 314 g/mol. The molecule has 1 heterocycles. The second kappa shape index (κ2) is 6.43. The number of carbonyl (C=O) groups is 2. The van der Waals surface area contributed by atoms with Crippen LogP contribution < -0.4 is 0 Å². The summed E-state index contributed by atoms with van der Waals surface area (Å²) in [6, 6.07) is 3.88. The molecule has 1 N–H and O–H groups in total. The number of rotatable bonds is 3. The summed E-state index contributed by atoms with van der Waals surface area (Å²) in [7, 11) is 0. The van der Waals surface area contributed by atoms with Crippen LogP contribution in [0.1, 0.15) is 25.3 Å². The van der Waals surface area contributed by atoms with Crippen molar-refractivity contribution in [2.45, 2.75) is 32.2 Å². The summed E-state index contributed by atoms with van der Waals surface area (Å²) in [5.41, 5.74) is 0.161. The fourth-order valence-electron chi connectivity index (χ4n) is 2.78. The molecule has 1 aliphatic rings. The van der Waals surface area contributed by atoms with Crippen LogP contribution in [0.3, 0.4) is 0 Å². The number of carboxylic acid groups (broad SMARTS) is 1. The Morgan fingerprint density at radius 2 is 2.19 bits per heavy atom. The summed E-state index contributed by atoms with van der Waals surface area (Å²) in [6.45, 7) is 2.22. The molecule has 21 heavy (non-hydrogen) atoms. The highest BCUT2D eigenvalue weighted by atomic mass is 35.5. The van der Waals surface area contributed by atoms with Crippen LogP contribution in [-0.4, -0.2) is 34.5 Å². The molecule has 0 unspecified atom stereocenters. The Bertz CT molecular complexity index is 544. The van der Waals surface area contributed by atoms with Gasteiger partial charge in [0.2, 0.25) is 5.91 Å². The zero-order chi connectivity index (χ0) is 15.6. The Kier molecular flexibility index (Phi) is 4.83. The molecular weight excluding hydrogens is 297 g/mol. The Balaban J connectivity index is 2.14. The quantitative estimate of drug-likeness (QED) is 0.933. The smallest absolute Gasteiger partial charge is 0.308 e. The first-order chi connectivity index (χ1) is 9.91. The molecule has 0 bridgehead atoms. The van der Waals surface area contributed by atoms with E-state index in [2.05, 4.69) is 0 Å². The second-order valence-electron chi connectivity index (χ2n) is 5.29. The SMILES string of the molecule is C[C@@H]1[C@H](C(=O)O)CCCN1C(=O)Cc1c(F)cccc1Cl. The molecule has 4 nitrogen and oxygen atoms in total. The number of piperidine rings is 1. The van der Waals surface area contributed by atoms with E-state index in [4.69, 9.17) is 16.7 Å². The third-order valence-electron chi connectivity index (χ3n) is 4.02. The lowest BCUT2D eigenvalue weighted by Crippen LogP contribution is -2.49. The van der Waals surface area contributed by atoms with E-state index in [1.807, 2.05) is 0 Å². The first kappa shape index (κ1) is 15.8. The summed E-state index contributed by atoms with van der Waals surface area (Å²) in [4.78, 5) is 25.1. The van der Waals surface area contributed by atoms with Crippen molar-refractivity contribution in [3.05, 3.63) is 34.6 Å². The van der Waals surface area contributed by atoms with Crippen molar-refractivity contribution < 1.29 is 19.1 Å². The Hall–Kier alpha value is -1.62. The first-order valence-corrected chi connectivity index (χ1v) is 7.24. The maximum Gasteiger partial charge on any atom is 0.308 e. The van der Waals surface area contributed by atoms with Crippen LogP contribution in [0.25, 0.3) is 0 Å². The van der Waals surface area contributed by atoms with Crippen molar-refractivity contribution in [3.63, 3.8) is 0 Å². The molecule has 2 atom stereocenters. The molecule has 0 aromatic heterocycles. The molecule has 0 saturated carbocycles. The lowest BCUT2D eigenvalue weighted by atomic mass is 9.90. The van der Waals surface area contributed by atoms with Gasteiger partial charge in [-0.1, -0.05) is 17.7 Å². The van der Waals surface area contributed by atoms with Crippen LogP contribution in [0, 0.1) is 11.7 Å². The highest BCUT2D eigenvalue weighted by molar-refractivity contribution is 6.31. The highest BCUT2D eigenvalue weighted by Crippen LogP contribution is 2.26. The van der Waals surface area contributed by atoms with Crippen molar-refractivity contribution >= 4 is 23.5 Å². The zero-order valence-corrected chi connectivity index (χ0v) is 12.4. The third-order valence-corrected chi connectivity index (χ3v) is 4.37. The largest absolute Gasteiger partial charge is 0.481 e. The number of halogens is 2. The molecule has 1 fully saturated rings. The molecule has 0 radical (unpaired) electrons. The van der Waals surface area contributed by atoms with Gasteiger partial charge in [0.25, 0.3) is 0 Å². The van der Waals surface area contributed by atoms with E-state index in [9.17, 15) is 14.0 Å². The van der Waals surface area contributed by atoms with Crippen molar-refractivity contribution in [1.29, 1.82) is 0 Å². The number of carboxylic acids is 1. The van der Waals surface area contributed by atoms with Gasteiger partial charge in [0.1, 0.15) is 5.82 Å². The van der Waals surface area contributed by atoms with Crippen LogP contribution in [-0.2, 0) is 16.0 Å². The molecule has 0 spiro atoms. The van der Waals surface area contributed by atoms with Crippen molar-refractivity contribution in [1.82, 2.24) is 4.90 Å². The molecule has 1 aromatic rings. The van der Waals surface area contributed by atoms with Crippen molar-refractivity contribution in [2.75, 3.05) is 6.54 Å². The maximum absolute atomic E-state index is 13.7. The Labute approximate surface area is 127 Å². The molecule has 1 amide bonds. The zero-order valence-electron chi connectivity index (χ0n) is 11.7. The summed E-state index contributed by atoms with van der Waals surface area (Å²) < 4.78 is 13.7. The first-order valence-electron chi connectivity index (χ1n) is 6.87. The number of hydrogen-bond acceptors (Lipinski definition) is 2. The van der Waals surface area contributed by atoms with Gasteiger partial charge < -0.3 is 10.0 Å². The van der Waals surface area contributed by atoms with E-state index < -0.39 is 23.7 Å². The van der Waals surface area contributed by atoms with Gasteiger partial charge in [0.05, 0.1) is 12.3 Å². The number of nitrogens with zero attached hydrogens (tertiary/aromatic N) is 1. The van der Waals surface area contributed by atoms with Crippen molar-refractivity contribution in [2.24, 2.45) is 5.92 Å². The number of aliphatic carboxylic acids is 1. The third kappa shape index (κ3) is 3.35. The van der Waals surface area contributed by atoms with E-state index in [0.717, 1.165) is 0 Å². The minimum absolute atomic E-state index is 0.151. The van der Waals surface area contributed by atoms with Gasteiger partial charge in [0.15, 0.2) is 0 Å². The second-order valence-corrected chi connectivity index (χ2v) is 5.70. The minimum Gasteiger partial charge on any atom is -0.481 e. The van der Waals surface area contributed by atoms with Gasteiger partial charge in [0, 0.05) is 23.2 Å². The molecule has 2 rings (SSSR count). The lowest BCUT2D eigenvalue weighted by Gasteiger charge is -2.37. The molecule has 6 heteroatoms. The van der Waals surface area contributed by atoms with E-state index in [1.54, 1.807) is 6.92 Å². The number of likely N-dealkylation sites (tertiary alicyclic amines) is 1. The summed E-state index contributed by atoms with van der Waals surface area (Å²) in [6.07, 6.45) is 1.04. The van der Waals surface area contributed by atoms with Gasteiger partial charge in [-0.25, -0.2) is 4.39 Å². The predicted molar refractivity (Wildman–Crippen MR) is 76.6 cm³/mol.